The van der Waals surface area contributed by atoms with Gasteiger partial charge in [0.15, 0.2) is 0 Å². The fraction of sp³-hybridized carbons (Fsp3) is 0.400. The van der Waals surface area contributed by atoms with E-state index in [-0.39, 0.29) is 11.8 Å². The predicted molar refractivity (Wildman–Crippen MR) is 167 cm³/mol. The number of carbonyl (C=O) groups is 1. The number of aryl methyl sites for hydroxylation is 1. The van der Waals surface area contributed by atoms with Crippen molar-refractivity contribution in [2.24, 2.45) is 5.92 Å². The third-order valence-electron chi connectivity index (χ3n) is 8.55. The number of para-hydroxylation sites is 1. The second-order valence-corrected chi connectivity index (χ2v) is 10.6. The van der Waals surface area contributed by atoms with Crippen molar-refractivity contribution in [2.45, 2.75) is 43.9 Å². The molecule has 3 aliphatic rings. The molecule has 0 radical (unpaired) electrons. The summed E-state index contributed by atoms with van der Waals surface area (Å²) in [6, 6.07) is 19.0. The summed E-state index contributed by atoms with van der Waals surface area (Å²) < 4.78 is 1.84. The predicted octanol–water partition coefficient (Wildman–Crippen LogP) is 6.03. The summed E-state index contributed by atoms with van der Waals surface area (Å²) >= 11 is 1.84. The zero-order chi connectivity index (χ0) is 26.5. The van der Waals surface area contributed by atoms with Crippen LogP contribution in [0, 0.1) is 5.92 Å². The molecule has 1 spiro atoms. The van der Waals surface area contributed by atoms with Crippen molar-refractivity contribution in [1.82, 2.24) is 20.0 Å². The SMILES string of the molecule is C=C(c1cnn(-c2ccccc2)c1NC(=O)C1CCCNC1)N1CCC2(CCc3ccccc32)CC1.SI. The molecule has 0 saturated carbocycles. The molecule has 3 heterocycles. The lowest BCUT2D eigenvalue weighted by Gasteiger charge is -2.42. The summed E-state index contributed by atoms with van der Waals surface area (Å²) in [5.74, 6) is 0.735. The van der Waals surface area contributed by atoms with E-state index < -0.39 is 0 Å². The van der Waals surface area contributed by atoms with Crippen molar-refractivity contribution in [3.8, 4) is 5.69 Å². The Morgan fingerprint density at radius 1 is 1.08 bits per heavy atom. The van der Waals surface area contributed by atoms with E-state index in [9.17, 15) is 4.79 Å². The first kappa shape index (κ1) is 27.3. The summed E-state index contributed by atoms with van der Waals surface area (Å²) in [7, 11) is 3.50. The third-order valence-corrected chi connectivity index (χ3v) is 8.55. The summed E-state index contributed by atoms with van der Waals surface area (Å²) in [5, 5.41) is 11.3. The van der Waals surface area contributed by atoms with Crippen LogP contribution >= 0.6 is 31.0 Å². The first-order valence-corrected chi connectivity index (χ1v) is 16.7. The Labute approximate surface area is 243 Å². The number of rotatable bonds is 5. The maximum Gasteiger partial charge on any atom is 0.229 e. The quantitative estimate of drug-likeness (QED) is 0.236. The lowest BCUT2D eigenvalue weighted by Crippen LogP contribution is -2.40. The number of thiol groups is 1. The van der Waals surface area contributed by atoms with Crippen molar-refractivity contribution >= 4 is 48.4 Å². The van der Waals surface area contributed by atoms with Gasteiger partial charge >= 0.3 is 0 Å². The van der Waals surface area contributed by atoms with Gasteiger partial charge in [-0.1, -0.05) is 49.0 Å². The van der Waals surface area contributed by atoms with E-state index >= 15 is 0 Å². The van der Waals surface area contributed by atoms with Crippen molar-refractivity contribution < 1.29 is 4.79 Å². The largest absolute Gasteiger partial charge is 0.371 e. The highest BCUT2D eigenvalue weighted by atomic mass is 127. The Bertz CT molecular complexity index is 1260. The highest BCUT2D eigenvalue weighted by molar-refractivity contribution is 14.2. The van der Waals surface area contributed by atoms with E-state index in [0.29, 0.717) is 11.2 Å². The van der Waals surface area contributed by atoms with Gasteiger partial charge in [0.25, 0.3) is 0 Å². The van der Waals surface area contributed by atoms with Crippen LogP contribution in [0.3, 0.4) is 0 Å². The number of piperidine rings is 2. The number of benzene rings is 2. The lowest BCUT2D eigenvalue weighted by atomic mass is 9.73. The monoisotopic (exact) mass is 641 g/mol. The van der Waals surface area contributed by atoms with E-state index in [1.807, 2.05) is 62.4 Å². The van der Waals surface area contributed by atoms with E-state index in [0.717, 1.165) is 68.8 Å². The van der Waals surface area contributed by atoms with Crippen LogP contribution in [0.2, 0.25) is 0 Å². The molecule has 1 atom stereocenters. The Balaban J connectivity index is 0.00000144. The topological polar surface area (TPSA) is 62.2 Å². The van der Waals surface area contributed by atoms with Gasteiger partial charge < -0.3 is 15.5 Å². The lowest BCUT2D eigenvalue weighted by molar-refractivity contribution is -0.120. The van der Waals surface area contributed by atoms with Crippen LogP contribution in [0.5, 0.6) is 0 Å². The maximum atomic E-state index is 13.3. The van der Waals surface area contributed by atoms with Crippen molar-refractivity contribution in [1.29, 1.82) is 0 Å². The number of aromatic nitrogens is 2. The molecule has 2 aromatic carbocycles. The number of halogens is 1. The molecule has 2 N–H and O–H groups in total. The van der Waals surface area contributed by atoms with Gasteiger partial charge in [-0.15, -0.1) is 9.80 Å². The number of carbonyl (C=O) groups excluding carboxylic acids is 1. The van der Waals surface area contributed by atoms with Gasteiger partial charge in [-0.3, -0.25) is 4.79 Å². The number of anilines is 1. The van der Waals surface area contributed by atoms with Gasteiger partial charge in [0.05, 0.1) is 23.4 Å². The van der Waals surface area contributed by atoms with Gasteiger partial charge in [0.1, 0.15) is 5.82 Å². The number of amides is 1. The molecule has 2 aliphatic heterocycles. The molecule has 6 rings (SSSR count). The normalized spacial score (nSPS) is 19.8. The van der Waals surface area contributed by atoms with Gasteiger partial charge in [0.2, 0.25) is 5.91 Å². The Morgan fingerprint density at radius 3 is 2.55 bits per heavy atom. The Kier molecular flexibility index (Phi) is 8.80. The van der Waals surface area contributed by atoms with Crippen molar-refractivity contribution in [3.05, 3.63) is 84.1 Å². The molecule has 1 aromatic heterocycles. The van der Waals surface area contributed by atoms with Crippen molar-refractivity contribution in [2.75, 3.05) is 31.5 Å². The second-order valence-electron chi connectivity index (χ2n) is 10.6. The van der Waals surface area contributed by atoms with Crippen LogP contribution < -0.4 is 10.6 Å². The smallest absolute Gasteiger partial charge is 0.229 e. The van der Waals surface area contributed by atoms with Crippen LogP contribution in [-0.2, 0) is 16.6 Å². The van der Waals surface area contributed by atoms with E-state index in [4.69, 9.17) is 5.10 Å². The Hall–Kier alpha value is -2.30. The van der Waals surface area contributed by atoms with Crippen LogP contribution in [0.15, 0.2) is 67.4 Å². The van der Waals surface area contributed by atoms with Gasteiger partial charge in [-0.05, 0) is 94.9 Å². The number of hydrogen-bond acceptors (Lipinski definition) is 5. The molecular weight excluding hydrogens is 605 g/mol. The Morgan fingerprint density at radius 2 is 1.82 bits per heavy atom. The van der Waals surface area contributed by atoms with E-state index in [2.05, 4.69) is 56.2 Å². The minimum Gasteiger partial charge on any atom is -0.371 e. The van der Waals surface area contributed by atoms with Gasteiger partial charge in [0, 0.05) is 25.3 Å². The summed E-state index contributed by atoms with van der Waals surface area (Å²) in [5.41, 5.74) is 6.15. The third kappa shape index (κ3) is 5.40. The minimum atomic E-state index is -0.0312. The molecule has 1 amide bonds. The minimum absolute atomic E-state index is 0.0312. The molecule has 6 nitrogen and oxygen atoms in total. The zero-order valence-corrected chi connectivity index (χ0v) is 24.8. The molecule has 8 heteroatoms. The van der Waals surface area contributed by atoms with Crippen molar-refractivity contribution in [3.63, 3.8) is 0 Å². The molecular formula is C30H36IN5OS. The van der Waals surface area contributed by atoms with Crippen LogP contribution in [0.25, 0.3) is 11.4 Å². The number of hydrogen-bond donors (Lipinski definition) is 3. The summed E-state index contributed by atoms with van der Waals surface area (Å²) in [6.45, 7) is 8.13. The molecule has 200 valence electrons. The molecule has 2 saturated heterocycles. The maximum absolute atomic E-state index is 13.3. The molecule has 1 aliphatic carbocycles. The number of nitrogens with one attached hydrogen (secondary N) is 2. The fourth-order valence-electron chi connectivity index (χ4n) is 6.40. The van der Waals surface area contributed by atoms with Crippen LogP contribution in [0.4, 0.5) is 5.82 Å². The molecule has 3 aromatic rings. The highest BCUT2D eigenvalue weighted by Gasteiger charge is 2.41. The van der Waals surface area contributed by atoms with E-state index in [1.165, 1.54) is 18.4 Å². The van der Waals surface area contributed by atoms with Gasteiger partial charge in [-0.2, -0.15) is 5.10 Å². The second kappa shape index (κ2) is 12.3. The van der Waals surface area contributed by atoms with E-state index in [1.54, 1.807) is 5.56 Å². The number of nitrogens with zero attached hydrogens (tertiary/aromatic N) is 3. The molecule has 1 unspecified atom stereocenters. The first-order valence-electron chi connectivity index (χ1n) is 13.5. The number of fused-ring (bicyclic) bond motifs is 2. The van der Waals surface area contributed by atoms with Crippen LogP contribution in [0.1, 0.15) is 48.8 Å². The molecule has 0 bridgehead atoms. The molecule has 38 heavy (non-hydrogen) atoms. The molecule has 2 fully saturated rings. The van der Waals surface area contributed by atoms with Gasteiger partial charge in [-0.25, -0.2) is 4.68 Å². The zero-order valence-electron chi connectivity index (χ0n) is 21.7. The number of likely N-dealkylation sites (tertiary alicyclic amines) is 1. The summed E-state index contributed by atoms with van der Waals surface area (Å²) in [4.78, 5) is 15.6. The summed E-state index contributed by atoms with van der Waals surface area (Å²) in [6.07, 6.45) is 8.48. The fourth-order valence-corrected chi connectivity index (χ4v) is 6.40. The first-order chi connectivity index (χ1) is 18.6. The highest BCUT2D eigenvalue weighted by Crippen LogP contribution is 2.47. The standard InChI is InChI=1S/C30H35N5O.HIS/c1-22(34-18-15-30(16-19-34)14-13-23-8-5-6-12-27(23)30)26-21-32-35(25-10-3-2-4-11-25)28(26)33-29(36)24-9-7-17-31-20-24;1-2/h2-6,8,10-12,21,24,31H,1,7,9,13-20H2,(H,33,36);2H. The average Bonchev–Trinajstić information content (AvgIpc) is 3.57. The average molecular weight is 642 g/mol. The van der Waals surface area contributed by atoms with Crippen LogP contribution in [-0.4, -0.2) is 46.8 Å².